The van der Waals surface area contributed by atoms with Gasteiger partial charge in [0.05, 0.1) is 18.4 Å². The Morgan fingerprint density at radius 2 is 2.20 bits per heavy atom. The first-order valence-corrected chi connectivity index (χ1v) is 7.44. The van der Waals surface area contributed by atoms with Gasteiger partial charge in [0.15, 0.2) is 0 Å². The summed E-state index contributed by atoms with van der Waals surface area (Å²) in [6.45, 7) is 7.51. The van der Waals surface area contributed by atoms with Gasteiger partial charge in [-0.25, -0.2) is 4.39 Å². The highest BCUT2D eigenvalue weighted by molar-refractivity contribution is 5.56. The maximum Gasteiger partial charge on any atom is 0.146 e. The first-order valence-electron chi connectivity index (χ1n) is 7.44. The monoisotopic (exact) mass is 280 g/mol. The average Bonchev–Trinajstić information content (AvgIpc) is 2.42. The molecular weight excluding hydrogens is 255 g/mol. The van der Waals surface area contributed by atoms with Crippen molar-refractivity contribution in [3.8, 4) is 0 Å². The second kappa shape index (κ2) is 6.55. The van der Waals surface area contributed by atoms with Crippen molar-refractivity contribution in [3.05, 3.63) is 29.6 Å². The second-order valence-electron chi connectivity index (χ2n) is 5.77. The van der Waals surface area contributed by atoms with Gasteiger partial charge in [0.25, 0.3) is 0 Å². The van der Waals surface area contributed by atoms with Crippen LogP contribution in [0.5, 0.6) is 0 Å². The van der Waals surface area contributed by atoms with Crippen LogP contribution in [0, 0.1) is 5.82 Å². The zero-order valence-electron chi connectivity index (χ0n) is 12.6. The Labute approximate surface area is 120 Å². The van der Waals surface area contributed by atoms with Crippen LogP contribution in [0.15, 0.2) is 18.2 Å². The van der Waals surface area contributed by atoms with Crippen molar-refractivity contribution < 1.29 is 9.13 Å². The molecular formula is C16H25FN2O. The van der Waals surface area contributed by atoms with Crippen molar-refractivity contribution in [2.24, 2.45) is 5.73 Å². The number of ether oxygens (including phenoxy) is 1. The van der Waals surface area contributed by atoms with Gasteiger partial charge < -0.3 is 15.4 Å². The Morgan fingerprint density at radius 1 is 1.45 bits per heavy atom. The van der Waals surface area contributed by atoms with Crippen molar-refractivity contribution >= 4 is 5.69 Å². The summed E-state index contributed by atoms with van der Waals surface area (Å²) in [6, 6.07) is 5.54. The molecule has 3 atom stereocenters. The maximum atomic E-state index is 14.4. The average molecular weight is 280 g/mol. The number of para-hydroxylation sites is 1. The molecule has 0 spiro atoms. The van der Waals surface area contributed by atoms with Crippen LogP contribution < -0.4 is 10.6 Å². The third kappa shape index (κ3) is 3.30. The molecule has 2 N–H and O–H groups in total. The lowest BCUT2D eigenvalue weighted by atomic mass is 10.0. The molecule has 1 fully saturated rings. The lowest BCUT2D eigenvalue weighted by Gasteiger charge is -2.39. The molecule has 2 rings (SSSR count). The molecule has 1 aliphatic rings. The van der Waals surface area contributed by atoms with E-state index >= 15 is 0 Å². The number of benzene rings is 1. The Bertz CT molecular complexity index is 452. The Kier molecular flexibility index (Phi) is 5.00. The number of hydrogen-bond donors (Lipinski definition) is 1. The minimum absolute atomic E-state index is 0.0734. The van der Waals surface area contributed by atoms with Crippen molar-refractivity contribution in [1.29, 1.82) is 0 Å². The number of nitrogens with zero attached hydrogens (tertiary/aromatic N) is 1. The molecule has 0 aromatic heterocycles. The van der Waals surface area contributed by atoms with E-state index in [-0.39, 0.29) is 24.0 Å². The zero-order chi connectivity index (χ0) is 14.7. The van der Waals surface area contributed by atoms with E-state index in [2.05, 4.69) is 18.7 Å². The molecule has 0 amide bonds. The van der Waals surface area contributed by atoms with E-state index in [1.165, 1.54) is 6.07 Å². The van der Waals surface area contributed by atoms with Crippen molar-refractivity contribution in [1.82, 2.24) is 0 Å². The molecule has 20 heavy (non-hydrogen) atoms. The number of anilines is 1. The Balaban J connectivity index is 2.33. The zero-order valence-corrected chi connectivity index (χ0v) is 12.6. The Morgan fingerprint density at radius 3 is 2.90 bits per heavy atom. The molecule has 112 valence electrons. The molecule has 0 aliphatic carbocycles. The summed E-state index contributed by atoms with van der Waals surface area (Å²) in [7, 11) is 0. The number of halogens is 1. The first-order chi connectivity index (χ1) is 9.52. The van der Waals surface area contributed by atoms with Gasteiger partial charge in [0.2, 0.25) is 0 Å². The van der Waals surface area contributed by atoms with Crippen LogP contribution >= 0.6 is 0 Å². The van der Waals surface area contributed by atoms with E-state index in [0.717, 1.165) is 18.5 Å². The summed E-state index contributed by atoms with van der Waals surface area (Å²) >= 11 is 0. The number of nitrogens with two attached hydrogens (primary N) is 1. The maximum absolute atomic E-state index is 14.4. The molecule has 1 heterocycles. The molecule has 0 saturated carbocycles. The van der Waals surface area contributed by atoms with Crippen molar-refractivity contribution in [2.45, 2.75) is 51.8 Å². The summed E-state index contributed by atoms with van der Waals surface area (Å²) in [6.07, 6.45) is 1.73. The summed E-state index contributed by atoms with van der Waals surface area (Å²) in [5.41, 5.74) is 7.76. The van der Waals surface area contributed by atoms with Crippen LogP contribution in [0.2, 0.25) is 0 Å². The second-order valence-corrected chi connectivity index (χ2v) is 5.77. The van der Waals surface area contributed by atoms with Crippen LogP contribution in [-0.2, 0) is 11.2 Å². The smallest absolute Gasteiger partial charge is 0.146 e. The molecule has 0 radical (unpaired) electrons. The van der Waals surface area contributed by atoms with Gasteiger partial charge in [-0.15, -0.1) is 0 Å². The lowest BCUT2D eigenvalue weighted by Crippen LogP contribution is -2.48. The van der Waals surface area contributed by atoms with Crippen molar-refractivity contribution in [2.75, 3.05) is 18.1 Å². The number of morpholine rings is 1. The van der Waals surface area contributed by atoms with E-state index < -0.39 is 0 Å². The predicted octanol–water partition coefficient (Wildman–Crippen LogP) is 2.72. The van der Waals surface area contributed by atoms with E-state index in [0.29, 0.717) is 18.7 Å². The highest BCUT2D eigenvalue weighted by Gasteiger charge is 2.27. The minimum Gasteiger partial charge on any atom is -0.375 e. The summed E-state index contributed by atoms with van der Waals surface area (Å²) in [5, 5.41) is 0. The SMILES string of the molecule is CCC(N)Cc1cccc(F)c1N1CC(C)OCC1C. The van der Waals surface area contributed by atoms with Gasteiger partial charge in [0.1, 0.15) is 5.82 Å². The van der Waals surface area contributed by atoms with Crippen LogP contribution in [0.4, 0.5) is 10.1 Å². The minimum atomic E-state index is -0.160. The molecule has 0 bridgehead atoms. The summed E-state index contributed by atoms with van der Waals surface area (Å²) in [5.74, 6) is -0.160. The van der Waals surface area contributed by atoms with Gasteiger partial charge in [-0.05, 0) is 38.3 Å². The summed E-state index contributed by atoms with van der Waals surface area (Å²) in [4.78, 5) is 2.13. The fourth-order valence-corrected chi connectivity index (χ4v) is 2.69. The van der Waals surface area contributed by atoms with Gasteiger partial charge in [-0.3, -0.25) is 0 Å². The largest absolute Gasteiger partial charge is 0.375 e. The predicted molar refractivity (Wildman–Crippen MR) is 80.6 cm³/mol. The van der Waals surface area contributed by atoms with E-state index in [9.17, 15) is 4.39 Å². The third-order valence-corrected chi connectivity index (χ3v) is 3.97. The van der Waals surface area contributed by atoms with E-state index in [4.69, 9.17) is 10.5 Å². The van der Waals surface area contributed by atoms with Crippen LogP contribution in [0.25, 0.3) is 0 Å². The van der Waals surface area contributed by atoms with E-state index in [1.54, 1.807) is 6.07 Å². The fraction of sp³-hybridized carbons (Fsp3) is 0.625. The lowest BCUT2D eigenvalue weighted by molar-refractivity contribution is 0.0340. The van der Waals surface area contributed by atoms with Gasteiger partial charge >= 0.3 is 0 Å². The normalized spacial score (nSPS) is 24.8. The highest BCUT2D eigenvalue weighted by atomic mass is 19.1. The van der Waals surface area contributed by atoms with Crippen LogP contribution in [-0.4, -0.2) is 31.3 Å². The fourth-order valence-electron chi connectivity index (χ4n) is 2.69. The molecule has 1 aliphatic heterocycles. The molecule has 4 heteroatoms. The Hall–Kier alpha value is -1.13. The molecule has 1 aromatic carbocycles. The van der Waals surface area contributed by atoms with Crippen molar-refractivity contribution in [3.63, 3.8) is 0 Å². The standard InChI is InChI=1S/C16H25FN2O/c1-4-14(18)8-13-6-5-7-15(17)16(13)19-9-12(3)20-10-11(19)2/h5-7,11-12,14H,4,8-10,18H2,1-3H3. The number of rotatable bonds is 4. The third-order valence-electron chi connectivity index (χ3n) is 3.97. The molecule has 1 saturated heterocycles. The quantitative estimate of drug-likeness (QED) is 0.921. The van der Waals surface area contributed by atoms with Crippen LogP contribution in [0.1, 0.15) is 32.8 Å². The number of hydrogen-bond acceptors (Lipinski definition) is 3. The van der Waals surface area contributed by atoms with Gasteiger partial charge in [0, 0.05) is 18.6 Å². The summed E-state index contributed by atoms with van der Waals surface area (Å²) < 4.78 is 20.0. The molecule has 1 aromatic rings. The topological polar surface area (TPSA) is 38.5 Å². The van der Waals surface area contributed by atoms with Crippen LogP contribution in [0.3, 0.4) is 0 Å². The first kappa shape index (κ1) is 15.3. The molecule has 3 nitrogen and oxygen atoms in total. The molecule has 3 unspecified atom stereocenters. The van der Waals surface area contributed by atoms with E-state index in [1.807, 2.05) is 13.0 Å². The van der Waals surface area contributed by atoms with Gasteiger partial charge in [-0.1, -0.05) is 19.1 Å². The highest BCUT2D eigenvalue weighted by Crippen LogP contribution is 2.29. The van der Waals surface area contributed by atoms with Gasteiger partial charge in [-0.2, -0.15) is 0 Å².